The molecule has 2 aliphatic heterocycles. The zero-order valence-electron chi connectivity index (χ0n) is 14.8. The molecule has 0 aromatic heterocycles. The Labute approximate surface area is 156 Å². The standard InChI is InChI=1S/C18H22N2O5S/c1-4-11(25-10-8-6-5-7-9-10)14(21)19-12-15(22)20-13(17(23)24)18(2,3)26-16(12)20/h5-9,11-13,16H,4H2,1-3H3,(H,19,21)(H,23,24)/t11-,12-,13-,16-/m1/s1. The first kappa shape index (κ1) is 18.6. The molecule has 0 aliphatic carbocycles. The van der Waals surface area contributed by atoms with E-state index in [0.29, 0.717) is 12.2 Å². The van der Waals surface area contributed by atoms with Crippen LogP contribution in [0.3, 0.4) is 0 Å². The Bertz CT molecular complexity index is 724. The number of ether oxygens (including phenoxy) is 1. The summed E-state index contributed by atoms with van der Waals surface area (Å²) in [5.41, 5.74) is 0. The molecule has 140 valence electrons. The molecule has 0 bridgehead atoms. The van der Waals surface area contributed by atoms with Gasteiger partial charge in [-0.25, -0.2) is 4.79 Å². The van der Waals surface area contributed by atoms with Crippen molar-refractivity contribution >= 4 is 29.5 Å². The molecule has 0 spiro atoms. The van der Waals surface area contributed by atoms with Crippen LogP contribution in [-0.2, 0) is 14.4 Å². The number of carbonyl (C=O) groups is 3. The molecular weight excluding hydrogens is 356 g/mol. The second kappa shape index (κ2) is 6.83. The summed E-state index contributed by atoms with van der Waals surface area (Å²) in [5.74, 6) is -1.17. The minimum atomic E-state index is -1.03. The Balaban J connectivity index is 1.67. The summed E-state index contributed by atoms with van der Waals surface area (Å²) >= 11 is 1.40. The number of carbonyl (C=O) groups excluding carboxylic acids is 2. The monoisotopic (exact) mass is 378 g/mol. The summed E-state index contributed by atoms with van der Waals surface area (Å²) < 4.78 is 5.09. The second-order valence-corrected chi connectivity index (χ2v) is 8.68. The molecule has 2 N–H and O–H groups in total. The molecule has 2 aliphatic rings. The fourth-order valence-electron chi connectivity index (χ4n) is 3.38. The van der Waals surface area contributed by atoms with Crippen molar-refractivity contribution < 1.29 is 24.2 Å². The van der Waals surface area contributed by atoms with Crippen LogP contribution in [0.2, 0.25) is 0 Å². The molecule has 26 heavy (non-hydrogen) atoms. The van der Waals surface area contributed by atoms with Gasteiger partial charge in [0.15, 0.2) is 6.10 Å². The number of hydrogen-bond donors (Lipinski definition) is 2. The van der Waals surface area contributed by atoms with Gasteiger partial charge < -0.3 is 20.1 Å². The molecule has 2 fully saturated rings. The van der Waals surface area contributed by atoms with Gasteiger partial charge in [0.05, 0.1) is 0 Å². The summed E-state index contributed by atoms with van der Waals surface area (Å²) in [4.78, 5) is 37.9. The van der Waals surface area contributed by atoms with Crippen molar-refractivity contribution in [3.05, 3.63) is 30.3 Å². The lowest BCUT2D eigenvalue weighted by atomic mass is 9.96. The highest BCUT2D eigenvalue weighted by atomic mass is 32.2. The zero-order chi connectivity index (χ0) is 19.1. The Morgan fingerprint density at radius 2 is 2.00 bits per heavy atom. The number of fused-ring (bicyclic) bond motifs is 1. The van der Waals surface area contributed by atoms with Gasteiger partial charge in [0.25, 0.3) is 5.91 Å². The summed E-state index contributed by atoms with van der Waals surface area (Å²) in [6, 6.07) is 7.41. The van der Waals surface area contributed by atoms with Gasteiger partial charge in [0.2, 0.25) is 5.91 Å². The predicted molar refractivity (Wildman–Crippen MR) is 96.8 cm³/mol. The molecule has 0 saturated carbocycles. The molecule has 3 rings (SSSR count). The number of nitrogens with one attached hydrogen (secondary N) is 1. The van der Waals surface area contributed by atoms with Crippen LogP contribution in [0, 0.1) is 0 Å². The van der Waals surface area contributed by atoms with Gasteiger partial charge in [-0.1, -0.05) is 25.1 Å². The van der Waals surface area contributed by atoms with Crippen LogP contribution < -0.4 is 10.1 Å². The molecule has 1 aromatic rings. The van der Waals surface area contributed by atoms with Crippen LogP contribution in [-0.4, -0.2) is 56.1 Å². The van der Waals surface area contributed by atoms with Gasteiger partial charge in [-0.05, 0) is 32.4 Å². The first-order valence-corrected chi connectivity index (χ1v) is 9.39. The summed E-state index contributed by atoms with van der Waals surface area (Å²) in [7, 11) is 0. The van der Waals surface area contributed by atoms with Crippen molar-refractivity contribution in [3.63, 3.8) is 0 Å². The normalized spacial score (nSPS) is 27.3. The first-order valence-electron chi connectivity index (χ1n) is 8.51. The van der Waals surface area contributed by atoms with E-state index in [1.807, 2.05) is 25.1 Å². The van der Waals surface area contributed by atoms with E-state index in [0.717, 1.165) is 0 Å². The van der Waals surface area contributed by atoms with E-state index in [1.165, 1.54) is 16.7 Å². The third kappa shape index (κ3) is 3.13. The van der Waals surface area contributed by atoms with E-state index < -0.39 is 28.9 Å². The van der Waals surface area contributed by atoms with E-state index >= 15 is 0 Å². The van der Waals surface area contributed by atoms with Crippen molar-refractivity contribution in [1.29, 1.82) is 0 Å². The van der Waals surface area contributed by atoms with Gasteiger partial charge in [-0.2, -0.15) is 0 Å². The van der Waals surface area contributed by atoms with Crippen LogP contribution in [0.25, 0.3) is 0 Å². The topological polar surface area (TPSA) is 95.9 Å². The number of thioether (sulfide) groups is 1. The molecule has 0 radical (unpaired) electrons. The average molecular weight is 378 g/mol. The van der Waals surface area contributed by atoms with Crippen molar-refractivity contribution in [2.24, 2.45) is 0 Å². The average Bonchev–Trinajstić information content (AvgIpc) is 2.86. The van der Waals surface area contributed by atoms with E-state index in [2.05, 4.69) is 5.32 Å². The number of β-lactam (4-membered cyclic amide) rings is 1. The van der Waals surface area contributed by atoms with Gasteiger partial charge >= 0.3 is 5.97 Å². The van der Waals surface area contributed by atoms with Gasteiger partial charge in [0.1, 0.15) is 23.2 Å². The molecule has 1 aromatic carbocycles. The highest BCUT2D eigenvalue weighted by Crippen LogP contribution is 2.50. The maximum absolute atomic E-state index is 12.6. The third-order valence-corrected chi connectivity index (χ3v) is 6.23. The molecule has 2 saturated heterocycles. The van der Waals surface area contributed by atoms with E-state index in [1.54, 1.807) is 26.0 Å². The number of hydrogen-bond acceptors (Lipinski definition) is 5. The zero-order valence-corrected chi connectivity index (χ0v) is 15.7. The van der Waals surface area contributed by atoms with Gasteiger partial charge in [-0.15, -0.1) is 11.8 Å². The number of rotatable bonds is 6. The lowest BCUT2D eigenvalue weighted by molar-refractivity contribution is -0.161. The van der Waals surface area contributed by atoms with Crippen molar-refractivity contribution in [1.82, 2.24) is 10.2 Å². The number of carboxylic acids is 1. The molecule has 7 nitrogen and oxygen atoms in total. The van der Waals surface area contributed by atoms with E-state index in [-0.39, 0.29) is 17.2 Å². The van der Waals surface area contributed by atoms with Crippen LogP contribution >= 0.6 is 11.8 Å². The molecular formula is C18H22N2O5S. The largest absolute Gasteiger partial charge is 0.481 e. The number of aliphatic carboxylic acids is 1. The predicted octanol–water partition coefficient (Wildman–Crippen LogP) is 1.48. The molecule has 8 heteroatoms. The van der Waals surface area contributed by atoms with Crippen LogP contribution in [0.15, 0.2) is 30.3 Å². The molecule has 0 unspecified atom stereocenters. The maximum Gasteiger partial charge on any atom is 0.327 e. The van der Waals surface area contributed by atoms with Gasteiger partial charge in [0, 0.05) is 4.75 Å². The quantitative estimate of drug-likeness (QED) is 0.728. The highest BCUT2D eigenvalue weighted by molar-refractivity contribution is 8.01. The molecule has 4 atom stereocenters. The van der Waals surface area contributed by atoms with Crippen molar-refractivity contribution in [2.75, 3.05) is 0 Å². The molecule has 2 heterocycles. The lowest BCUT2D eigenvalue weighted by Gasteiger charge is -2.43. The first-order chi connectivity index (χ1) is 12.3. The summed E-state index contributed by atoms with van der Waals surface area (Å²) in [6.07, 6.45) is -0.263. The number of nitrogens with zero attached hydrogens (tertiary/aromatic N) is 1. The second-order valence-electron chi connectivity index (χ2n) is 6.91. The third-order valence-electron chi connectivity index (χ3n) is 4.66. The fraction of sp³-hybridized carbons (Fsp3) is 0.500. The van der Waals surface area contributed by atoms with Crippen molar-refractivity contribution in [2.45, 2.75) is 55.5 Å². The van der Waals surface area contributed by atoms with Crippen LogP contribution in [0.5, 0.6) is 5.75 Å². The lowest BCUT2D eigenvalue weighted by Crippen LogP contribution is -2.71. The fourth-order valence-corrected chi connectivity index (χ4v) is 5.00. The number of para-hydroxylation sites is 1. The number of amides is 2. The minimum absolute atomic E-state index is 0.358. The summed E-state index contributed by atoms with van der Waals surface area (Å²) in [6.45, 7) is 5.43. The van der Waals surface area contributed by atoms with Crippen molar-refractivity contribution in [3.8, 4) is 5.75 Å². The Morgan fingerprint density at radius 3 is 2.58 bits per heavy atom. The van der Waals surface area contributed by atoms with Crippen LogP contribution in [0.4, 0.5) is 0 Å². The molecule has 2 amide bonds. The minimum Gasteiger partial charge on any atom is -0.481 e. The van der Waals surface area contributed by atoms with Gasteiger partial charge in [-0.3, -0.25) is 9.59 Å². The SMILES string of the molecule is CC[C@@H](Oc1ccccc1)C(=O)N[C@@H]1C(=O)N2[C@@H]1SC(C)(C)[C@H]2C(=O)O. The maximum atomic E-state index is 12.6. The Morgan fingerprint density at radius 1 is 1.35 bits per heavy atom. The summed E-state index contributed by atoms with van der Waals surface area (Å²) in [5, 5.41) is 11.8. The Kier molecular flexibility index (Phi) is 4.88. The van der Waals surface area contributed by atoms with Crippen LogP contribution in [0.1, 0.15) is 27.2 Å². The van der Waals surface area contributed by atoms with E-state index in [4.69, 9.17) is 4.74 Å². The number of benzene rings is 1. The van der Waals surface area contributed by atoms with E-state index in [9.17, 15) is 19.5 Å². The Hall–Kier alpha value is -2.22. The number of carboxylic acid groups (broad SMARTS) is 1. The highest BCUT2D eigenvalue weighted by Gasteiger charge is 2.64. The smallest absolute Gasteiger partial charge is 0.327 e.